The third kappa shape index (κ3) is 7.78. The third-order valence-electron chi connectivity index (χ3n) is 6.58. The van der Waals surface area contributed by atoms with E-state index in [0.29, 0.717) is 11.5 Å². The van der Waals surface area contributed by atoms with Crippen LogP contribution in [0.25, 0.3) is 0 Å². The zero-order valence-electron chi connectivity index (χ0n) is 24.4. The van der Waals surface area contributed by atoms with E-state index >= 15 is 0 Å². The van der Waals surface area contributed by atoms with Gasteiger partial charge in [-0.25, -0.2) is 8.42 Å². The number of hydrogen-bond donors (Lipinski definition) is 0. The van der Waals surface area contributed by atoms with E-state index in [9.17, 15) is 13.0 Å². The fourth-order valence-corrected chi connectivity index (χ4v) is 7.76. The molecule has 0 fully saturated rings. The largest absolute Gasteiger partial charge is 0.744 e. The van der Waals surface area contributed by atoms with Crippen molar-refractivity contribution in [3.8, 4) is 5.75 Å². The normalized spacial score (nSPS) is 11.6. The van der Waals surface area contributed by atoms with Crippen LogP contribution in [0.15, 0.2) is 117 Å². The number of methoxy groups -OCH3 is 1. The highest BCUT2D eigenvalue weighted by Gasteiger charge is 2.28. The van der Waals surface area contributed by atoms with E-state index in [-0.39, 0.29) is 27.6 Å². The van der Waals surface area contributed by atoms with Crippen LogP contribution in [-0.4, -0.2) is 20.1 Å². The SMILES string of the molecule is CC(C)c1ccc(S(=O)(=O)[O-])c(C(C)C)c1C(C)C.COc1ccc([S+](c2ccccc2)c2ccccc2)cc1. The lowest BCUT2D eigenvalue weighted by molar-refractivity contribution is 0.414. The Bertz CT molecular complexity index is 1420. The summed E-state index contributed by atoms with van der Waals surface area (Å²) in [6, 6.07) is 32.9. The van der Waals surface area contributed by atoms with Crippen LogP contribution in [0.4, 0.5) is 0 Å². The summed E-state index contributed by atoms with van der Waals surface area (Å²) >= 11 is 0. The number of rotatable bonds is 8. The molecule has 6 heteroatoms. The van der Waals surface area contributed by atoms with Crippen LogP contribution in [-0.2, 0) is 21.0 Å². The summed E-state index contributed by atoms with van der Waals surface area (Å²) in [5.41, 5.74) is 2.84. The Morgan fingerprint density at radius 3 is 1.43 bits per heavy atom. The van der Waals surface area contributed by atoms with E-state index in [1.54, 1.807) is 13.2 Å². The van der Waals surface area contributed by atoms with Crippen molar-refractivity contribution in [2.75, 3.05) is 7.11 Å². The zero-order valence-corrected chi connectivity index (χ0v) is 26.1. The van der Waals surface area contributed by atoms with Crippen LogP contribution in [0.2, 0.25) is 0 Å². The van der Waals surface area contributed by atoms with Gasteiger partial charge in [0.15, 0.2) is 14.7 Å². The van der Waals surface area contributed by atoms with Crippen LogP contribution in [0.1, 0.15) is 76.0 Å². The molecule has 0 aliphatic heterocycles. The smallest absolute Gasteiger partial charge is 0.166 e. The van der Waals surface area contributed by atoms with Crippen molar-refractivity contribution >= 4 is 21.0 Å². The molecule has 0 heterocycles. The first-order chi connectivity index (χ1) is 19.0. The van der Waals surface area contributed by atoms with Crippen LogP contribution in [0.3, 0.4) is 0 Å². The first-order valence-corrected chi connectivity index (χ1v) is 16.2. The predicted octanol–water partition coefficient (Wildman–Crippen LogP) is 8.75. The fraction of sp³-hybridized carbons (Fsp3) is 0.294. The Morgan fingerprint density at radius 2 is 1.05 bits per heavy atom. The second-order valence-electron chi connectivity index (χ2n) is 10.5. The maximum atomic E-state index is 11.5. The Morgan fingerprint density at radius 1 is 0.600 bits per heavy atom. The molecule has 4 aromatic carbocycles. The summed E-state index contributed by atoms with van der Waals surface area (Å²) in [4.78, 5) is 3.89. The van der Waals surface area contributed by atoms with Crippen molar-refractivity contribution in [1.82, 2.24) is 0 Å². The van der Waals surface area contributed by atoms with Gasteiger partial charge in [-0.15, -0.1) is 0 Å². The van der Waals surface area contributed by atoms with Gasteiger partial charge in [0.1, 0.15) is 15.9 Å². The average Bonchev–Trinajstić information content (AvgIpc) is 2.93. The lowest BCUT2D eigenvalue weighted by Crippen LogP contribution is -2.12. The van der Waals surface area contributed by atoms with Gasteiger partial charge in [0.2, 0.25) is 0 Å². The average molecular weight is 577 g/mol. The van der Waals surface area contributed by atoms with Gasteiger partial charge >= 0.3 is 0 Å². The molecule has 0 bridgehead atoms. The second-order valence-corrected chi connectivity index (χ2v) is 13.9. The Hall–Kier alpha value is -3.06. The molecule has 0 aliphatic rings. The molecule has 212 valence electrons. The number of ether oxygens (including phenoxy) is 1. The summed E-state index contributed by atoms with van der Waals surface area (Å²) in [5.74, 6) is 1.40. The van der Waals surface area contributed by atoms with Gasteiger partial charge in [-0.05, 0) is 89.0 Å². The molecule has 0 N–H and O–H groups in total. The maximum Gasteiger partial charge on any atom is 0.166 e. The van der Waals surface area contributed by atoms with Gasteiger partial charge in [-0.1, -0.05) is 84.0 Å². The highest BCUT2D eigenvalue weighted by Crippen LogP contribution is 2.37. The predicted molar refractivity (Wildman–Crippen MR) is 165 cm³/mol. The minimum Gasteiger partial charge on any atom is -0.744 e. The fourth-order valence-electron chi connectivity index (χ4n) is 4.83. The van der Waals surface area contributed by atoms with E-state index in [2.05, 4.69) is 86.6 Å². The standard InChI is InChI=1S/C19H17OS.C15H24O3S/c1-20-16-12-14-19(15-13-16)21(17-8-4-2-5-9-17)18-10-6-3-7-11-18;1-9(2)12-7-8-13(19(16,17)18)15(11(5)6)14(12)10(3)4/h2-15H,1H3;7-11H,1-6H3,(H,16,17,18)/q+1;/p-1. The molecular weight excluding hydrogens is 537 g/mol. The van der Waals surface area contributed by atoms with E-state index in [0.717, 1.165) is 16.9 Å². The van der Waals surface area contributed by atoms with Crippen LogP contribution >= 0.6 is 0 Å². The van der Waals surface area contributed by atoms with Crippen molar-refractivity contribution < 1.29 is 17.7 Å². The van der Waals surface area contributed by atoms with Crippen molar-refractivity contribution in [3.05, 3.63) is 114 Å². The van der Waals surface area contributed by atoms with Crippen molar-refractivity contribution in [1.29, 1.82) is 0 Å². The minimum absolute atomic E-state index is 0.00910. The minimum atomic E-state index is -4.43. The third-order valence-corrected chi connectivity index (χ3v) is 9.71. The summed E-state index contributed by atoms with van der Waals surface area (Å²) in [7, 11) is -2.81. The van der Waals surface area contributed by atoms with Crippen molar-refractivity contribution in [2.24, 2.45) is 0 Å². The molecule has 0 atom stereocenters. The van der Waals surface area contributed by atoms with Crippen LogP contribution < -0.4 is 4.74 Å². The van der Waals surface area contributed by atoms with E-state index in [1.807, 2.05) is 39.8 Å². The van der Waals surface area contributed by atoms with Crippen LogP contribution in [0.5, 0.6) is 5.75 Å². The quantitative estimate of drug-likeness (QED) is 0.155. The molecule has 0 aromatic heterocycles. The van der Waals surface area contributed by atoms with Crippen molar-refractivity contribution in [3.63, 3.8) is 0 Å². The highest BCUT2D eigenvalue weighted by molar-refractivity contribution is 7.97. The van der Waals surface area contributed by atoms with Crippen LogP contribution in [0, 0.1) is 0 Å². The molecule has 0 amide bonds. The molecule has 0 saturated heterocycles. The molecule has 40 heavy (non-hydrogen) atoms. The first-order valence-electron chi connectivity index (χ1n) is 13.6. The molecule has 0 radical (unpaired) electrons. The van der Waals surface area contributed by atoms with E-state index in [4.69, 9.17) is 4.74 Å². The van der Waals surface area contributed by atoms with E-state index in [1.165, 1.54) is 20.8 Å². The van der Waals surface area contributed by atoms with Gasteiger partial charge in [0.05, 0.1) is 22.9 Å². The topological polar surface area (TPSA) is 66.4 Å². The first kappa shape index (κ1) is 31.5. The number of hydrogen-bond acceptors (Lipinski definition) is 4. The molecule has 0 spiro atoms. The monoisotopic (exact) mass is 576 g/mol. The Kier molecular flexibility index (Phi) is 11.0. The molecule has 0 unspecified atom stereocenters. The van der Waals surface area contributed by atoms with Crippen molar-refractivity contribution in [2.45, 2.75) is 78.9 Å². The summed E-state index contributed by atoms with van der Waals surface area (Å²) in [5, 5.41) is 0. The lowest BCUT2D eigenvalue weighted by atomic mass is 9.83. The van der Waals surface area contributed by atoms with Gasteiger partial charge in [-0.3, -0.25) is 0 Å². The Balaban J connectivity index is 0.000000222. The second kappa shape index (κ2) is 14.0. The zero-order chi connectivity index (χ0) is 29.4. The molecule has 4 aromatic rings. The van der Waals surface area contributed by atoms with Gasteiger partial charge < -0.3 is 9.29 Å². The summed E-state index contributed by atoms with van der Waals surface area (Å²) in [6.45, 7) is 12.1. The molecule has 0 saturated carbocycles. The summed E-state index contributed by atoms with van der Waals surface area (Å²) < 4.78 is 39.6. The number of benzene rings is 4. The molecule has 4 nitrogen and oxygen atoms in total. The summed E-state index contributed by atoms with van der Waals surface area (Å²) in [6.07, 6.45) is 0. The van der Waals surface area contributed by atoms with Gasteiger partial charge in [0, 0.05) is 0 Å². The van der Waals surface area contributed by atoms with Gasteiger partial charge in [0.25, 0.3) is 0 Å². The highest BCUT2D eigenvalue weighted by atomic mass is 32.2. The Labute approximate surface area is 243 Å². The van der Waals surface area contributed by atoms with E-state index < -0.39 is 10.1 Å². The van der Waals surface area contributed by atoms with Gasteiger partial charge in [-0.2, -0.15) is 0 Å². The lowest BCUT2D eigenvalue weighted by Gasteiger charge is -2.26. The molecule has 4 rings (SSSR count). The molecule has 0 aliphatic carbocycles. The molecular formula is C34H40O4S2. The maximum absolute atomic E-state index is 11.5.